The zero-order chi connectivity index (χ0) is 20.5. The summed E-state index contributed by atoms with van der Waals surface area (Å²) in [5, 5.41) is 11.7. The van der Waals surface area contributed by atoms with Gasteiger partial charge in [-0.1, -0.05) is 36.8 Å². The lowest BCUT2D eigenvalue weighted by Crippen LogP contribution is -2.34. The Labute approximate surface area is 165 Å². The van der Waals surface area contributed by atoms with Crippen LogP contribution in [0.25, 0.3) is 0 Å². The van der Waals surface area contributed by atoms with Crippen molar-refractivity contribution in [3.8, 4) is 11.8 Å². The van der Waals surface area contributed by atoms with Crippen molar-refractivity contribution >= 4 is 11.9 Å². The van der Waals surface area contributed by atoms with E-state index in [1.807, 2.05) is 44.2 Å². The molecule has 0 fully saturated rings. The molecule has 1 N–H and O–H groups in total. The van der Waals surface area contributed by atoms with Gasteiger partial charge < -0.3 is 14.8 Å². The van der Waals surface area contributed by atoms with Gasteiger partial charge in [-0.25, -0.2) is 4.79 Å². The topological polar surface area (TPSA) is 88.4 Å². The van der Waals surface area contributed by atoms with Gasteiger partial charge in [-0.2, -0.15) is 5.26 Å². The van der Waals surface area contributed by atoms with E-state index in [1.165, 1.54) is 0 Å². The highest BCUT2D eigenvalue weighted by Crippen LogP contribution is 2.17. The minimum absolute atomic E-state index is 0.140. The highest BCUT2D eigenvalue weighted by Gasteiger charge is 2.19. The van der Waals surface area contributed by atoms with Crippen LogP contribution in [-0.4, -0.2) is 24.6 Å². The van der Waals surface area contributed by atoms with Gasteiger partial charge in [-0.3, -0.25) is 4.79 Å². The first-order valence-electron chi connectivity index (χ1n) is 9.12. The summed E-state index contributed by atoms with van der Waals surface area (Å²) in [5.74, 6) is -0.562. The normalized spacial score (nSPS) is 12.4. The van der Waals surface area contributed by atoms with Gasteiger partial charge in [0, 0.05) is 0 Å². The summed E-state index contributed by atoms with van der Waals surface area (Å²) in [4.78, 5) is 24.2. The van der Waals surface area contributed by atoms with Crippen molar-refractivity contribution in [1.29, 1.82) is 5.26 Å². The summed E-state index contributed by atoms with van der Waals surface area (Å²) in [6, 6.07) is 16.2. The Morgan fingerprint density at radius 1 is 1.11 bits per heavy atom. The Kier molecular flexibility index (Phi) is 7.58. The number of hydrogen-bond donors (Lipinski definition) is 1. The zero-order valence-corrected chi connectivity index (χ0v) is 16.3. The number of carbonyl (C=O) groups excluding carboxylic acids is 2. The van der Waals surface area contributed by atoms with Crippen LogP contribution in [0, 0.1) is 18.3 Å². The summed E-state index contributed by atoms with van der Waals surface area (Å²) in [7, 11) is 0. The molecule has 2 rings (SSSR count). The van der Waals surface area contributed by atoms with Gasteiger partial charge in [0.1, 0.15) is 5.75 Å². The minimum atomic E-state index is -0.875. The number of carbonyl (C=O) groups is 2. The monoisotopic (exact) mass is 380 g/mol. The Hall–Kier alpha value is -3.33. The molecule has 0 heterocycles. The zero-order valence-electron chi connectivity index (χ0n) is 16.3. The summed E-state index contributed by atoms with van der Waals surface area (Å²) in [6.45, 7) is 5.15. The van der Waals surface area contributed by atoms with E-state index < -0.39 is 12.1 Å². The summed E-state index contributed by atoms with van der Waals surface area (Å²) < 4.78 is 10.5. The fraction of sp³-hybridized carbons (Fsp3) is 0.318. The van der Waals surface area contributed by atoms with E-state index in [0.29, 0.717) is 11.3 Å². The van der Waals surface area contributed by atoms with Crippen LogP contribution in [0.1, 0.15) is 43.0 Å². The van der Waals surface area contributed by atoms with Crippen LogP contribution in [0.15, 0.2) is 48.5 Å². The SMILES string of the molecule is CC[C@H](NC(=O)COC(=O)[C@@H](C)Oc1ccc(C#N)cc1)c1ccc(C)cc1. The fourth-order valence-electron chi connectivity index (χ4n) is 2.57. The molecule has 2 aromatic carbocycles. The maximum atomic E-state index is 12.1. The molecule has 0 saturated heterocycles. The molecule has 0 saturated carbocycles. The Bertz CT molecular complexity index is 838. The van der Waals surface area contributed by atoms with Crippen molar-refractivity contribution in [3.05, 3.63) is 65.2 Å². The van der Waals surface area contributed by atoms with E-state index in [2.05, 4.69) is 5.32 Å². The molecule has 0 unspecified atom stereocenters. The van der Waals surface area contributed by atoms with Crippen molar-refractivity contribution < 1.29 is 19.1 Å². The van der Waals surface area contributed by atoms with E-state index >= 15 is 0 Å². The molecule has 6 heteroatoms. The van der Waals surface area contributed by atoms with Crippen LogP contribution in [-0.2, 0) is 14.3 Å². The van der Waals surface area contributed by atoms with Gasteiger partial charge >= 0.3 is 5.97 Å². The molecule has 0 bridgehead atoms. The first-order valence-corrected chi connectivity index (χ1v) is 9.12. The lowest BCUT2D eigenvalue weighted by Gasteiger charge is -2.18. The van der Waals surface area contributed by atoms with Crippen molar-refractivity contribution in [2.24, 2.45) is 0 Å². The highest BCUT2D eigenvalue weighted by atomic mass is 16.6. The fourth-order valence-corrected chi connectivity index (χ4v) is 2.57. The third-order valence-electron chi connectivity index (χ3n) is 4.20. The van der Waals surface area contributed by atoms with Gasteiger partial charge in [-0.05, 0) is 50.1 Å². The first kappa shape index (κ1) is 21.0. The van der Waals surface area contributed by atoms with Crippen molar-refractivity contribution in [2.45, 2.75) is 39.3 Å². The number of benzene rings is 2. The molecule has 28 heavy (non-hydrogen) atoms. The molecular formula is C22H24N2O4. The van der Waals surface area contributed by atoms with Crippen molar-refractivity contribution in [2.75, 3.05) is 6.61 Å². The maximum absolute atomic E-state index is 12.1. The van der Waals surface area contributed by atoms with Gasteiger partial charge in [0.15, 0.2) is 12.7 Å². The molecule has 0 radical (unpaired) electrons. The largest absolute Gasteiger partial charge is 0.479 e. The van der Waals surface area contributed by atoms with Crippen LogP contribution < -0.4 is 10.1 Å². The van der Waals surface area contributed by atoms with Crippen LogP contribution in [0.4, 0.5) is 0 Å². The van der Waals surface area contributed by atoms with E-state index in [-0.39, 0.29) is 18.6 Å². The quantitative estimate of drug-likeness (QED) is 0.709. The number of nitriles is 1. The number of hydrogen-bond acceptors (Lipinski definition) is 5. The third-order valence-corrected chi connectivity index (χ3v) is 4.20. The molecule has 0 aromatic heterocycles. The lowest BCUT2D eigenvalue weighted by molar-refractivity contribution is -0.154. The minimum Gasteiger partial charge on any atom is -0.479 e. The second-order valence-corrected chi connectivity index (χ2v) is 6.44. The van der Waals surface area contributed by atoms with Crippen LogP contribution in [0.2, 0.25) is 0 Å². The molecular weight excluding hydrogens is 356 g/mol. The number of amides is 1. The van der Waals surface area contributed by atoms with E-state index in [9.17, 15) is 9.59 Å². The van der Waals surface area contributed by atoms with Gasteiger partial charge in [0.05, 0.1) is 17.7 Å². The molecule has 6 nitrogen and oxygen atoms in total. The molecule has 0 spiro atoms. The van der Waals surface area contributed by atoms with Crippen LogP contribution >= 0.6 is 0 Å². The van der Waals surface area contributed by atoms with E-state index in [0.717, 1.165) is 17.5 Å². The number of rotatable bonds is 8. The maximum Gasteiger partial charge on any atom is 0.347 e. The predicted octanol–water partition coefficient (Wildman–Crippen LogP) is 3.44. The van der Waals surface area contributed by atoms with Crippen molar-refractivity contribution in [3.63, 3.8) is 0 Å². The molecule has 2 aromatic rings. The highest BCUT2D eigenvalue weighted by molar-refractivity contribution is 5.82. The van der Waals surface area contributed by atoms with Crippen molar-refractivity contribution in [1.82, 2.24) is 5.32 Å². The molecule has 0 aliphatic heterocycles. The molecule has 0 aliphatic carbocycles. The Balaban J connectivity index is 1.82. The number of aryl methyl sites for hydroxylation is 1. The van der Waals surface area contributed by atoms with Crippen LogP contribution in [0.5, 0.6) is 5.75 Å². The van der Waals surface area contributed by atoms with Gasteiger partial charge in [0.25, 0.3) is 5.91 Å². The number of esters is 1. The summed E-state index contributed by atoms with van der Waals surface area (Å²) in [6.07, 6.45) is -0.152. The van der Waals surface area contributed by atoms with E-state index in [1.54, 1.807) is 31.2 Å². The second-order valence-electron chi connectivity index (χ2n) is 6.44. The number of ether oxygens (including phenoxy) is 2. The van der Waals surface area contributed by atoms with Gasteiger partial charge in [0.2, 0.25) is 0 Å². The third kappa shape index (κ3) is 6.13. The second kappa shape index (κ2) is 10.1. The average Bonchev–Trinajstić information content (AvgIpc) is 2.71. The van der Waals surface area contributed by atoms with Crippen LogP contribution in [0.3, 0.4) is 0 Å². The molecule has 1 amide bonds. The van der Waals surface area contributed by atoms with E-state index in [4.69, 9.17) is 14.7 Å². The smallest absolute Gasteiger partial charge is 0.347 e. The average molecular weight is 380 g/mol. The molecule has 2 atom stereocenters. The standard InChI is InChI=1S/C22H24N2O4/c1-4-20(18-9-5-15(2)6-10-18)24-21(25)14-27-22(26)16(3)28-19-11-7-17(13-23)8-12-19/h5-12,16,20H,4,14H2,1-3H3,(H,24,25)/t16-,20+/m1/s1. The summed E-state index contributed by atoms with van der Waals surface area (Å²) >= 11 is 0. The Morgan fingerprint density at radius 2 is 1.75 bits per heavy atom. The van der Waals surface area contributed by atoms with Gasteiger partial charge in [-0.15, -0.1) is 0 Å². The number of nitrogens with zero attached hydrogens (tertiary/aromatic N) is 1. The predicted molar refractivity (Wildman–Crippen MR) is 105 cm³/mol. The Morgan fingerprint density at radius 3 is 2.32 bits per heavy atom. The lowest BCUT2D eigenvalue weighted by atomic mass is 10.0. The molecule has 0 aliphatic rings. The number of nitrogens with one attached hydrogen (secondary N) is 1. The molecule has 146 valence electrons. The first-order chi connectivity index (χ1) is 13.4. The summed E-state index contributed by atoms with van der Waals surface area (Å²) in [5.41, 5.74) is 2.65.